The van der Waals surface area contributed by atoms with Crippen molar-refractivity contribution in [3.8, 4) is 5.88 Å². The molecule has 1 amide bonds. The average molecular weight is 295 g/mol. The first kappa shape index (κ1) is 15.0. The Bertz CT molecular complexity index is 590. The molecule has 2 heterocycles. The molecular formula is C13H17N3O5. The number of carboxylic acid groups (broad SMARTS) is 1. The van der Waals surface area contributed by atoms with Gasteiger partial charge in [-0.3, -0.25) is 14.4 Å². The van der Waals surface area contributed by atoms with E-state index in [9.17, 15) is 14.4 Å². The Morgan fingerprint density at radius 2 is 2.05 bits per heavy atom. The third-order valence-corrected chi connectivity index (χ3v) is 3.53. The summed E-state index contributed by atoms with van der Waals surface area (Å²) in [5.74, 6) is -1.21. The molecular weight excluding hydrogens is 278 g/mol. The molecule has 0 atom stereocenters. The van der Waals surface area contributed by atoms with Gasteiger partial charge in [0.25, 0.3) is 5.56 Å². The predicted octanol–water partition coefficient (Wildman–Crippen LogP) is -0.425. The van der Waals surface area contributed by atoms with E-state index in [2.05, 4.69) is 5.10 Å². The Kier molecular flexibility index (Phi) is 4.56. The molecule has 8 nitrogen and oxygen atoms in total. The van der Waals surface area contributed by atoms with Crippen molar-refractivity contribution in [2.24, 2.45) is 5.92 Å². The summed E-state index contributed by atoms with van der Waals surface area (Å²) in [7, 11) is 1.43. The van der Waals surface area contributed by atoms with Gasteiger partial charge < -0.3 is 14.7 Å². The fraction of sp³-hybridized carbons (Fsp3) is 0.538. The second kappa shape index (κ2) is 6.38. The summed E-state index contributed by atoms with van der Waals surface area (Å²) in [4.78, 5) is 36.2. The van der Waals surface area contributed by atoms with E-state index in [4.69, 9.17) is 9.84 Å². The van der Waals surface area contributed by atoms with E-state index in [0.29, 0.717) is 25.9 Å². The van der Waals surface area contributed by atoms with Crippen molar-refractivity contribution in [2.45, 2.75) is 19.4 Å². The van der Waals surface area contributed by atoms with Gasteiger partial charge in [0.15, 0.2) is 0 Å². The Morgan fingerprint density at radius 1 is 1.38 bits per heavy atom. The van der Waals surface area contributed by atoms with Gasteiger partial charge in [0.05, 0.1) is 13.0 Å². The molecule has 1 aliphatic heterocycles. The fourth-order valence-electron chi connectivity index (χ4n) is 2.26. The molecule has 114 valence electrons. The van der Waals surface area contributed by atoms with E-state index in [1.54, 1.807) is 4.90 Å². The van der Waals surface area contributed by atoms with Crippen molar-refractivity contribution in [3.63, 3.8) is 0 Å². The number of aliphatic carboxylic acids is 1. The molecule has 2 rings (SSSR count). The lowest BCUT2D eigenvalue weighted by Gasteiger charge is -2.30. The monoisotopic (exact) mass is 295 g/mol. The van der Waals surface area contributed by atoms with Crippen LogP contribution in [-0.4, -0.2) is 51.9 Å². The van der Waals surface area contributed by atoms with Crippen molar-refractivity contribution >= 4 is 11.9 Å². The molecule has 1 fully saturated rings. The Labute approximate surface area is 120 Å². The standard InChI is InChI=1S/C13H17N3O5/c1-21-10-2-3-11(17)16(14-10)8-12(18)15-6-4-9(5-7-15)13(19)20/h2-3,9H,4-8H2,1H3,(H,19,20). The number of carbonyl (C=O) groups is 2. The molecule has 1 N–H and O–H groups in total. The van der Waals surface area contributed by atoms with Crippen LogP contribution in [0.4, 0.5) is 0 Å². The normalized spacial score (nSPS) is 15.8. The van der Waals surface area contributed by atoms with Crippen LogP contribution < -0.4 is 10.3 Å². The van der Waals surface area contributed by atoms with Crippen LogP contribution in [0.3, 0.4) is 0 Å². The van der Waals surface area contributed by atoms with Crippen molar-refractivity contribution in [1.82, 2.24) is 14.7 Å². The summed E-state index contributed by atoms with van der Waals surface area (Å²) < 4.78 is 5.96. The minimum absolute atomic E-state index is 0.173. The SMILES string of the molecule is COc1ccc(=O)n(CC(=O)N2CCC(C(=O)O)CC2)n1. The van der Waals surface area contributed by atoms with E-state index >= 15 is 0 Å². The smallest absolute Gasteiger partial charge is 0.306 e. The number of piperidine rings is 1. The summed E-state index contributed by atoms with van der Waals surface area (Å²) in [5.41, 5.74) is -0.385. The van der Waals surface area contributed by atoms with Gasteiger partial charge in [0.1, 0.15) is 6.54 Å². The molecule has 21 heavy (non-hydrogen) atoms. The lowest BCUT2D eigenvalue weighted by Crippen LogP contribution is -2.43. The number of aromatic nitrogens is 2. The van der Waals surface area contributed by atoms with Gasteiger partial charge in [-0.25, -0.2) is 4.68 Å². The molecule has 1 aromatic rings. The number of carbonyl (C=O) groups excluding carboxylic acids is 1. The molecule has 0 bridgehead atoms. The maximum Gasteiger partial charge on any atom is 0.306 e. The van der Waals surface area contributed by atoms with Crippen LogP contribution >= 0.6 is 0 Å². The highest BCUT2D eigenvalue weighted by Crippen LogP contribution is 2.17. The van der Waals surface area contributed by atoms with Gasteiger partial charge in [-0.2, -0.15) is 0 Å². The number of hydrogen-bond donors (Lipinski definition) is 1. The molecule has 8 heteroatoms. The molecule has 0 saturated carbocycles. The number of amides is 1. The molecule has 0 aliphatic carbocycles. The van der Waals surface area contributed by atoms with Gasteiger partial charge in [-0.1, -0.05) is 0 Å². The predicted molar refractivity (Wildman–Crippen MR) is 72.0 cm³/mol. The maximum absolute atomic E-state index is 12.1. The fourth-order valence-corrected chi connectivity index (χ4v) is 2.26. The highest BCUT2D eigenvalue weighted by Gasteiger charge is 2.27. The number of carboxylic acids is 1. The van der Waals surface area contributed by atoms with Gasteiger partial charge in [0.2, 0.25) is 11.8 Å². The number of methoxy groups -OCH3 is 1. The minimum atomic E-state index is -0.826. The van der Waals surface area contributed by atoms with E-state index in [1.165, 1.54) is 19.2 Å². The number of hydrogen-bond acceptors (Lipinski definition) is 5. The number of likely N-dealkylation sites (tertiary alicyclic amines) is 1. The Balaban J connectivity index is 1.99. The van der Waals surface area contributed by atoms with E-state index < -0.39 is 11.9 Å². The molecule has 1 saturated heterocycles. The summed E-state index contributed by atoms with van der Waals surface area (Å²) in [6, 6.07) is 2.72. The van der Waals surface area contributed by atoms with Gasteiger partial charge in [-0.15, -0.1) is 5.10 Å². The van der Waals surface area contributed by atoms with Gasteiger partial charge in [0, 0.05) is 25.2 Å². The van der Waals surface area contributed by atoms with Crippen LogP contribution in [0.2, 0.25) is 0 Å². The van der Waals surface area contributed by atoms with E-state index in [-0.39, 0.29) is 23.9 Å². The number of rotatable bonds is 4. The third-order valence-electron chi connectivity index (χ3n) is 3.53. The van der Waals surface area contributed by atoms with Crippen LogP contribution in [0, 0.1) is 5.92 Å². The number of ether oxygens (including phenoxy) is 1. The highest BCUT2D eigenvalue weighted by atomic mass is 16.5. The largest absolute Gasteiger partial charge is 0.481 e. The second-order valence-electron chi connectivity index (χ2n) is 4.86. The number of nitrogens with zero attached hydrogens (tertiary/aromatic N) is 3. The molecule has 1 aromatic heterocycles. The zero-order chi connectivity index (χ0) is 15.4. The summed E-state index contributed by atoms with van der Waals surface area (Å²) in [6.45, 7) is 0.594. The third kappa shape index (κ3) is 3.59. The van der Waals surface area contributed by atoms with Crippen LogP contribution in [0.15, 0.2) is 16.9 Å². The minimum Gasteiger partial charge on any atom is -0.481 e. The first-order chi connectivity index (χ1) is 10.0. The van der Waals surface area contributed by atoms with Gasteiger partial charge >= 0.3 is 5.97 Å². The molecule has 0 aromatic carbocycles. The van der Waals surface area contributed by atoms with Crippen molar-refractivity contribution in [2.75, 3.05) is 20.2 Å². The Hall–Kier alpha value is -2.38. The van der Waals surface area contributed by atoms with Crippen LogP contribution in [0.25, 0.3) is 0 Å². The second-order valence-corrected chi connectivity index (χ2v) is 4.86. The average Bonchev–Trinajstić information content (AvgIpc) is 2.49. The summed E-state index contributed by atoms with van der Waals surface area (Å²) >= 11 is 0. The van der Waals surface area contributed by atoms with Crippen LogP contribution in [0.1, 0.15) is 12.8 Å². The quantitative estimate of drug-likeness (QED) is 0.809. The molecule has 0 radical (unpaired) electrons. The lowest BCUT2D eigenvalue weighted by atomic mass is 9.97. The molecule has 0 unspecified atom stereocenters. The van der Waals surface area contributed by atoms with Crippen molar-refractivity contribution < 1.29 is 19.4 Å². The van der Waals surface area contributed by atoms with Gasteiger partial charge in [-0.05, 0) is 12.8 Å². The first-order valence-electron chi connectivity index (χ1n) is 6.64. The topological polar surface area (TPSA) is 102 Å². The molecule has 1 aliphatic rings. The Morgan fingerprint density at radius 3 is 2.62 bits per heavy atom. The zero-order valence-electron chi connectivity index (χ0n) is 11.7. The van der Waals surface area contributed by atoms with Crippen LogP contribution in [0.5, 0.6) is 5.88 Å². The lowest BCUT2D eigenvalue weighted by molar-refractivity contribution is -0.145. The zero-order valence-corrected chi connectivity index (χ0v) is 11.7. The van der Waals surface area contributed by atoms with Crippen LogP contribution in [-0.2, 0) is 16.1 Å². The summed E-state index contributed by atoms with van der Waals surface area (Å²) in [5, 5.41) is 12.8. The summed E-state index contributed by atoms with van der Waals surface area (Å²) in [6.07, 6.45) is 0.864. The maximum atomic E-state index is 12.1. The first-order valence-corrected chi connectivity index (χ1v) is 6.64. The highest BCUT2D eigenvalue weighted by molar-refractivity contribution is 5.76. The molecule has 0 spiro atoms. The van der Waals surface area contributed by atoms with E-state index in [0.717, 1.165) is 4.68 Å². The van der Waals surface area contributed by atoms with Crippen molar-refractivity contribution in [1.29, 1.82) is 0 Å². The van der Waals surface area contributed by atoms with Crippen molar-refractivity contribution in [3.05, 3.63) is 22.5 Å². The van der Waals surface area contributed by atoms with E-state index in [1.807, 2.05) is 0 Å².